The molecule has 1 saturated heterocycles. The lowest BCUT2D eigenvalue weighted by molar-refractivity contribution is -0.108. The van der Waals surface area contributed by atoms with E-state index < -0.39 is 0 Å². The maximum Gasteiger partial charge on any atom is 0.315 e. The number of amides is 2. The topological polar surface area (TPSA) is 63.2 Å². The van der Waals surface area contributed by atoms with Gasteiger partial charge in [-0.05, 0) is 24.5 Å². The van der Waals surface area contributed by atoms with Gasteiger partial charge in [0.2, 0.25) is 0 Å². The fourth-order valence-electron chi connectivity index (χ4n) is 4.49. The zero-order chi connectivity index (χ0) is 17.4. The summed E-state index contributed by atoms with van der Waals surface area (Å²) >= 11 is 0. The molecule has 1 aromatic carbocycles. The van der Waals surface area contributed by atoms with Crippen LogP contribution in [0.3, 0.4) is 0 Å². The molecule has 1 aliphatic heterocycles. The first-order valence-corrected chi connectivity index (χ1v) is 9.06. The first-order chi connectivity index (χ1) is 12.1. The molecule has 25 heavy (non-hydrogen) atoms. The van der Waals surface area contributed by atoms with E-state index >= 15 is 0 Å². The molecular weight excluding hydrogens is 314 g/mol. The lowest BCUT2D eigenvalue weighted by Gasteiger charge is -2.54. The van der Waals surface area contributed by atoms with E-state index in [4.69, 9.17) is 4.74 Å². The number of urea groups is 1. The number of rotatable bonds is 4. The number of nitrogens with one attached hydrogen (secondary N) is 2. The van der Waals surface area contributed by atoms with E-state index in [9.17, 15) is 4.79 Å². The number of carbonyl (C=O) groups is 1. The molecule has 2 aliphatic rings. The van der Waals surface area contributed by atoms with Gasteiger partial charge >= 0.3 is 6.03 Å². The molecule has 132 valence electrons. The Kier molecular flexibility index (Phi) is 4.12. The Morgan fingerprint density at radius 2 is 2.16 bits per heavy atom. The van der Waals surface area contributed by atoms with Crippen LogP contribution in [0.15, 0.2) is 36.5 Å². The van der Waals surface area contributed by atoms with Crippen molar-refractivity contribution in [3.05, 3.63) is 42.1 Å². The number of pyridine rings is 1. The van der Waals surface area contributed by atoms with Crippen molar-refractivity contribution in [2.75, 3.05) is 13.2 Å². The first-order valence-electron chi connectivity index (χ1n) is 9.06. The van der Waals surface area contributed by atoms with Gasteiger partial charge in [-0.3, -0.25) is 4.98 Å². The van der Waals surface area contributed by atoms with Crippen LogP contribution in [0.4, 0.5) is 4.79 Å². The Morgan fingerprint density at radius 3 is 3.04 bits per heavy atom. The van der Waals surface area contributed by atoms with Crippen LogP contribution in [0.2, 0.25) is 0 Å². The number of hydrogen-bond donors (Lipinski definition) is 2. The lowest BCUT2D eigenvalue weighted by atomic mass is 9.57. The summed E-state index contributed by atoms with van der Waals surface area (Å²) in [6, 6.07) is 10.3. The highest BCUT2D eigenvalue weighted by atomic mass is 16.5. The molecule has 1 saturated carbocycles. The van der Waals surface area contributed by atoms with E-state index in [0.717, 1.165) is 35.9 Å². The fourth-order valence-corrected chi connectivity index (χ4v) is 4.49. The van der Waals surface area contributed by atoms with Crippen LogP contribution in [0, 0.1) is 11.3 Å². The minimum absolute atomic E-state index is 0.0120. The molecule has 0 unspecified atom stereocenters. The van der Waals surface area contributed by atoms with Crippen LogP contribution in [-0.4, -0.2) is 36.3 Å². The van der Waals surface area contributed by atoms with Gasteiger partial charge in [0.1, 0.15) is 0 Å². The van der Waals surface area contributed by atoms with Gasteiger partial charge in [-0.2, -0.15) is 0 Å². The molecule has 2 heterocycles. The molecule has 0 radical (unpaired) electrons. The number of nitrogens with zero attached hydrogens (tertiary/aromatic N) is 1. The largest absolute Gasteiger partial charge is 0.377 e. The van der Waals surface area contributed by atoms with Crippen molar-refractivity contribution in [3.63, 3.8) is 0 Å². The predicted octanol–water partition coefficient (Wildman–Crippen LogP) is 2.89. The third kappa shape index (κ3) is 2.86. The maximum absolute atomic E-state index is 12.3. The van der Waals surface area contributed by atoms with Gasteiger partial charge in [0.25, 0.3) is 0 Å². The van der Waals surface area contributed by atoms with Crippen molar-refractivity contribution >= 4 is 16.9 Å². The van der Waals surface area contributed by atoms with Gasteiger partial charge in [-0.25, -0.2) is 4.79 Å². The fraction of sp³-hybridized carbons (Fsp3) is 0.500. The van der Waals surface area contributed by atoms with Crippen molar-refractivity contribution in [1.29, 1.82) is 0 Å². The maximum atomic E-state index is 12.3. The van der Waals surface area contributed by atoms with Crippen molar-refractivity contribution in [1.82, 2.24) is 15.6 Å². The molecule has 2 amide bonds. The van der Waals surface area contributed by atoms with E-state index in [0.29, 0.717) is 18.6 Å². The normalized spacial score (nSPS) is 26.7. The molecule has 2 aromatic rings. The number of aromatic nitrogens is 1. The number of para-hydroxylation sites is 1. The second-order valence-electron chi connectivity index (χ2n) is 7.69. The Balaban J connectivity index is 1.32. The smallest absolute Gasteiger partial charge is 0.315 e. The summed E-state index contributed by atoms with van der Waals surface area (Å²) in [4.78, 5) is 16.8. The van der Waals surface area contributed by atoms with Crippen molar-refractivity contribution in [2.45, 2.75) is 38.8 Å². The Labute approximate surface area is 148 Å². The SMILES string of the molecule is CC1(C)[C@H](NC(=O)NCCc2cccc3cccnc23)[C@H]2CCO[C@H]21. The van der Waals surface area contributed by atoms with Crippen molar-refractivity contribution < 1.29 is 9.53 Å². The zero-order valence-corrected chi connectivity index (χ0v) is 14.8. The van der Waals surface area contributed by atoms with Crippen LogP contribution in [0.1, 0.15) is 25.8 Å². The quantitative estimate of drug-likeness (QED) is 0.900. The average Bonchev–Trinajstić information content (AvgIpc) is 3.07. The molecule has 2 fully saturated rings. The molecule has 5 nitrogen and oxygen atoms in total. The van der Waals surface area contributed by atoms with Gasteiger partial charge in [0, 0.05) is 42.1 Å². The van der Waals surface area contributed by atoms with Crippen LogP contribution >= 0.6 is 0 Å². The van der Waals surface area contributed by atoms with Gasteiger partial charge in [0.15, 0.2) is 0 Å². The first kappa shape index (κ1) is 16.3. The van der Waals surface area contributed by atoms with Crippen LogP contribution in [0.5, 0.6) is 0 Å². The number of ether oxygens (including phenoxy) is 1. The summed E-state index contributed by atoms with van der Waals surface area (Å²) in [6.45, 7) is 5.75. The standard InChI is InChI=1S/C20H25N3O2/c1-20(2)17(15-9-12-25-18(15)20)23-19(24)22-11-8-14-6-3-5-13-7-4-10-21-16(13)14/h3-7,10,15,17-18H,8-9,11-12H2,1-2H3,(H2,22,23,24)/t15-,17-,18-/m1/s1. The molecule has 0 spiro atoms. The average molecular weight is 339 g/mol. The molecule has 3 atom stereocenters. The second kappa shape index (κ2) is 6.30. The zero-order valence-electron chi connectivity index (χ0n) is 14.8. The van der Waals surface area contributed by atoms with Crippen molar-refractivity contribution in [3.8, 4) is 0 Å². The summed E-state index contributed by atoms with van der Waals surface area (Å²) in [5.74, 6) is 0.461. The molecule has 4 rings (SSSR count). The number of fused-ring (bicyclic) bond motifs is 2. The molecular formula is C20H25N3O2. The lowest BCUT2D eigenvalue weighted by Crippen LogP contribution is -2.67. The number of carbonyl (C=O) groups excluding carboxylic acids is 1. The highest BCUT2D eigenvalue weighted by Gasteiger charge is 2.59. The third-order valence-electron chi connectivity index (χ3n) is 5.78. The Hall–Kier alpha value is -2.14. The van der Waals surface area contributed by atoms with Crippen LogP contribution in [0.25, 0.3) is 10.9 Å². The van der Waals surface area contributed by atoms with E-state index in [1.165, 1.54) is 0 Å². The van der Waals surface area contributed by atoms with E-state index in [1.807, 2.05) is 18.3 Å². The monoisotopic (exact) mass is 339 g/mol. The van der Waals surface area contributed by atoms with E-state index in [-0.39, 0.29) is 17.5 Å². The minimum Gasteiger partial charge on any atom is -0.377 e. The van der Waals surface area contributed by atoms with E-state index in [1.54, 1.807) is 0 Å². The van der Waals surface area contributed by atoms with E-state index in [2.05, 4.69) is 47.7 Å². The second-order valence-corrected chi connectivity index (χ2v) is 7.69. The van der Waals surface area contributed by atoms with Gasteiger partial charge in [-0.15, -0.1) is 0 Å². The molecule has 2 N–H and O–H groups in total. The summed E-state index contributed by atoms with van der Waals surface area (Å²) in [5, 5.41) is 7.28. The molecule has 5 heteroatoms. The molecule has 1 aromatic heterocycles. The number of hydrogen-bond acceptors (Lipinski definition) is 3. The summed E-state index contributed by atoms with van der Waals surface area (Å²) in [7, 11) is 0. The predicted molar refractivity (Wildman–Crippen MR) is 97.4 cm³/mol. The van der Waals surface area contributed by atoms with Gasteiger partial charge in [0.05, 0.1) is 11.6 Å². The summed E-state index contributed by atoms with van der Waals surface area (Å²) in [5.41, 5.74) is 2.18. The summed E-state index contributed by atoms with van der Waals surface area (Å²) in [6.07, 6.45) is 3.91. The molecule has 0 bridgehead atoms. The minimum atomic E-state index is -0.0865. The highest BCUT2D eigenvalue weighted by Crippen LogP contribution is 2.52. The van der Waals surface area contributed by atoms with Gasteiger partial charge in [-0.1, -0.05) is 38.1 Å². The molecule has 1 aliphatic carbocycles. The summed E-state index contributed by atoms with van der Waals surface area (Å²) < 4.78 is 5.78. The highest BCUT2D eigenvalue weighted by molar-refractivity contribution is 5.81. The number of benzene rings is 1. The van der Waals surface area contributed by atoms with Gasteiger partial charge < -0.3 is 15.4 Å². The Morgan fingerprint density at radius 1 is 1.32 bits per heavy atom. The Bertz CT molecular complexity index is 784. The third-order valence-corrected chi connectivity index (χ3v) is 5.78. The van der Waals surface area contributed by atoms with Crippen LogP contribution in [-0.2, 0) is 11.2 Å². The van der Waals surface area contributed by atoms with Crippen LogP contribution < -0.4 is 10.6 Å². The van der Waals surface area contributed by atoms with Crippen molar-refractivity contribution in [2.24, 2.45) is 11.3 Å².